The molecule has 0 aliphatic rings. The Bertz CT molecular complexity index is 2420. The van der Waals surface area contributed by atoms with Gasteiger partial charge in [-0.25, -0.2) is 0 Å². The maximum absolute atomic E-state index is 2.34. The molecule has 0 heterocycles. The molecule has 9 aromatic carbocycles. The van der Waals surface area contributed by atoms with E-state index in [1.54, 1.807) is 0 Å². The second-order valence-corrected chi connectivity index (χ2v) is 11.2. The van der Waals surface area contributed by atoms with E-state index in [9.17, 15) is 0 Å². The molecule has 0 radical (unpaired) electrons. The number of hydrogen-bond acceptors (Lipinski definition) is 0. The van der Waals surface area contributed by atoms with Gasteiger partial charge in [0, 0.05) is 0 Å². The minimum atomic E-state index is 1.23. The van der Waals surface area contributed by atoms with E-state index in [0.29, 0.717) is 0 Å². The Morgan fingerprint density at radius 3 is 1.50 bits per heavy atom. The Balaban J connectivity index is 1.65. The van der Waals surface area contributed by atoms with Crippen molar-refractivity contribution in [2.45, 2.75) is 0 Å². The highest BCUT2D eigenvalue weighted by Crippen LogP contribution is 2.53. The normalized spacial score (nSPS) is 11.8. The summed E-state index contributed by atoms with van der Waals surface area (Å²) in [7, 11) is 0. The van der Waals surface area contributed by atoms with Gasteiger partial charge in [0.05, 0.1) is 0 Å². The molecule has 0 aromatic heterocycles. The van der Waals surface area contributed by atoms with Crippen LogP contribution in [0.5, 0.6) is 0 Å². The SMILES string of the molecule is c1ccc(-c2c(-c3cccc4ccccc34)c3cccc4c5cccc6cccc(c(c2-c2ccccc2)c34)c65)cc1. The third kappa shape index (κ3) is 3.24. The smallest absolute Gasteiger partial charge is 0.000741 e. The molecular weight excluding hydrogens is 504 g/mol. The third-order valence-corrected chi connectivity index (χ3v) is 8.98. The molecule has 194 valence electrons. The van der Waals surface area contributed by atoms with Crippen molar-refractivity contribution >= 4 is 53.9 Å². The van der Waals surface area contributed by atoms with E-state index in [1.165, 1.54) is 87.2 Å². The first kappa shape index (κ1) is 23.3. The maximum atomic E-state index is 2.34. The molecule has 0 heteroatoms. The lowest BCUT2D eigenvalue weighted by molar-refractivity contribution is 1.61. The second-order valence-electron chi connectivity index (χ2n) is 11.2. The van der Waals surface area contributed by atoms with Crippen LogP contribution in [-0.4, -0.2) is 0 Å². The molecule has 0 nitrogen and oxygen atoms in total. The highest BCUT2D eigenvalue weighted by molar-refractivity contribution is 6.39. The number of benzene rings is 9. The van der Waals surface area contributed by atoms with Gasteiger partial charge in [0.2, 0.25) is 0 Å². The molecular formula is C42H26. The lowest BCUT2D eigenvalue weighted by atomic mass is 9.77. The lowest BCUT2D eigenvalue weighted by Crippen LogP contribution is -1.97. The monoisotopic (exact) mass is 530 g/mol. The average Bonchev–Trinajstić information content (AvgIpc) is 3.07. The van der Waals surface area contributed by atoms with Gasteiger partial charge < -0.3 is 0 Å². The zero-order valence-electron chi connectivity index (χ0n) is 23.0. The second kappa shape index (κ2) is 9.03. The molecule has 9 aromatic rings. The Labute approximate surface area is 244 Å². The molecule has 42 heavy (non-hydrogen) atoms. The van der Waals surface area contributed by atoms with Gasteiger partial charge in [-0.05, 0) is 87.2 Å². The quantitative estimate of drug-likeness (QED) is 0.157. The number of hydrogen-bond donors (Lipinski definition) is 0. The summed E-state index contributed by atoms with van der Waals surface area (Å²) in [6, 6.07) is 58.0. The molecule has 0 N–H and O–H groups in total. The van der Waals surface area contributed by atoms with Crippen molar-refractivity contribution < 1.29 is 0 Å². The molecule has 0 bridgehead atoms. The summed E-state index contributed by atoms with van der Waals surface area (Å²) in [5, 5.41) is 13.1. The summed E-state index contributed by atoms with van der Waals surface area (Å²) in [6.45, 7) is 0. The molecule has 0 saturated heterocycles. The van der Waals surface area contributed by atoms with Crippen LogP contribution >= 0.6 is 0 Å². The van der Waals surface area contributed by atoms with Crippen molar-refractivity contribution in [3.8, 4) is 33.4 Å². The van der Waals surface area contributed by atoms with Crippen LogP contribution in [0.3, 0.4) is 0 Å². The Hall–Kier alpha value is -5.46. The van der Waals surface area contributed by atoms with Crippen LogP contribution in [0, 0.1) is 0 Å². The van der Waals surface area contributed by atoms with E-state index in [2.05, 4.69) is 158 Å². The zero-order chi connectivity index (χ0) is 27.6. The van der Waals surface area contributed by atoms with Crippen LogP contribution in [0.15, 0.2) is 158 Å². The highest BCUT2D eigenvalue weighted by atomic mass is 14.3. The van der Waals surface area contributed by atoms with E-state index < -0.39 is 0 Å². The summed E-state index contributed by atoms with van der Waals surface area (Å²) >= 11 is 0. The average molecular weight is 531 g/mol. The molecule has 0 saturated carbocycles. The fourth-order valence-corrected chi connectivity index (χ4v) is 7.32. The molecule has 0 aliphatic carbocycles. The van der Waals surface area contributed by atoms with Crippen LogP contribution < -0.4 is 0 Å². The minimum absolute atomic E-state index is 1.23. The van der Waals surface area contributed by atoms with Gasteiger partial charge in [0.25, 0.3) is 0 Å². The number of rotatable bonds is 3. The van der Waals surface area contributed by atoms with Crippen LogP contribution in [-0.2, 0) is 0 Å². The maximum Gasteiger partial charge on any atom is -0.000741 e. The first-order chi connectivity index (χ1) is 20.9. The van der Waals surface area contributed by atoms with Gasteiger partial charge in [0.15, 0.2) is 0 Å². The summed E-state index contributed by atoms with van der Waals surface area (Å²) in [6.07, 6.45) is 0. The van der Waals surface area contributed by atoms with Crippen molar-refractivity contribution in [2.75, 3.05) is 0 Å². The first-order valence-electron chi connectivity index (χ1n) is 14.6. The Morgan fingerprint density at radius 2 is 0.738 bits per heavy atom. The molecule has 0 amide bonds. The van der Waals surface area contributed by atoms with Crippen molar-refractivity contribution in [3.63, 3.8) is 0 Å². The fraction of sp³-hybridized carbons (Fsp3) is 0. The molecule has 9 rings (SSSR count). The van der Waals surface area contributed by atoms with E-state index in [1.807, 2.05) is 0 Å². The van der Waals surface area contributed by atoms with Gasteiger partial charge in [-0.2, -0.15) is 0 Å². The van der Waals surface area contributed by atoms with E-state index in [4.69, 9.17) is 0 Å². The Morgan fingerprint density at radius 1 is 0.238 bits per heavy atom. The summed E-state index contributed by atoms with van der Waals surface area (Å²) < 4.78 is 0. The van der Waals surface area contributed by atoms with Crippen molar-refractivity contribution in [2.24, 2.45) is 0 Å². The highest BCUT2D eigenvalue weighted by Gasteiger charge is 2.25. The van der Waals surface area contributed by atoms with Gasteiger partial charge in [0.1, 0.15) is 0 Å². The fourth-order valence-electron chi connectivity index (χ4n) is 7.32. The van der Waals surface area contributed by atoms with Gasteiger partial charge >= 0.3 is 0 Å². The van der Waals surface area contributed by atoms with E-state index in [-0.39, 0.29) is 0 Å². The lowest BCUT2D eigenvalue weighted by Gasteiger charge is -2.25. The predicted octanol–water partition coefficient (Wildman–Crippen LogP) is 11.9. The standard InChI is InChI=1S/C42H26/c1-3-14-29(15-4-1)38-39(30-16-5-2-6-17-30)42-35-25-11-20-28-19-10-23-33(37(28)35)34-24-12-26-36(41(34)42)40(38)32-22-9-18-27-13-7-8-21-31(27)32/h1-26H. The largest absolute Gasteiger partial charge is 0.0622 e. The predicted molar refractivity (Wildman–Crippen MR) is 181 cm³/mol. The van der Waals surface area contributed by atoms with Gasteiger partial charge in [-0.3, -0.25) is 0 Å². The summed E-state index contributed by atoms with van der Waals surface area (Å²) in [5.74, 6) is 0. The van der Waals surface area contributed by atoms with E-state index in [0.717, 1.165) is 0 Å². The topological polar surface area (TPSA) is 0 Å². The number of fused-ring (bicyclic) bond motifs is 3. The minimum Gasteiger partial charge on any atom is -0.0622 e. The van der Waals surface area contributed by atoms with Crippen molar-refractivity contribution in [3.05, 3.63) is 158 Å². The molecule has 0 spiro atoms. The van der Waals surface area contributed by atoms with Gasteiger partial charge in [-0.15, -0.1) is 0 Å². The summed E-state index contributed by atoms with van der Waals surface area (Å²) in [5.41, 5.74) is 7.62. The van der Waals surface area contributed by atoms with Gasteiger partial charge in [-0.1, -0.05) is 158 Å². The zero-order valence-corrected chi connectivity index (χ0v) is 23.0. The summed E-state index contributed by atoms with van der Waals surface area (Å²) in [4.78, 5) is 0. The molecule has 0 atom stereocenters. The van der Waals surface area contributed by atoms with Crippen LogP contribution in [0.2, 0.25) is 0 Å². The van der Waals surface area contributed by atoms with Crippen LogP contribution in [0.1, 0.15) is 0 Å². The van der Waals surface area contributed by atoms with E-state index >= 15 is 0 Å². The van der Waals surface area contributed by atoms with Crippen LogP contribution in [0.4, 0.5) is 0 Å². The Kier molecular flexibility index (Phi) is 5.00. The van der Waals surface area contributed by atoms with Crippen molar-refractivity contribution in [1.82, 2.24) is 0 Å². The molecule has 0 aliphatic heterocycles. The molecule has 0 fully saturated rings. The van der Waals surface area contributed by atoms with Crippen molar-refractivity contribution in [1.29, 1.82) is 0 Å². The first-order valence-corrected chi connectivity index (χ1v) is 14.6. The van der Waals surface area contributed by atoms with Crippen LogP contribution in [0.25, 0.3) is 87.2 Å². The third-order valence-electron chi connectivity index (χ3n) is 8.98. The molecule has 0 unspecified atom stereocenters.